The van der Waals surface area contributed by atoms with E-state index in [2.05, 4.69) is 15.3 Å². The monoisotopic (exact) mass is 277 g/mol. The molecule has 1 atom stereocenters. The van der Waals surface area contributed by atoms with Crippen LogP contribution >= 0.6 is 11.6 Å². The van der Waals surface area contributed by atoms with E-state index in [4.69, 9.17) is 11.6 Å². The summed E-state index contributed by atoms with van der Waals surface area (Å²) in [6.45, 7) is 3.95. The lowest BCUT2D eigenvalue weighted by molar-refractivity contribution is 0.851. The average Bonchev–Trinajstić information content (AvgIpc) is 2.38. The second kappa shape index (κ2) is 5.89. The van der Waals surface area contributed by atoms with Crippen LogP contribution < -0.4 is 10.9 Å². The third-order valence-electron chi connectivity index (χ3n) is 2.84. The molecule has 19 heavy (non-hydrogen) atoms. The topological polar surface area (TPSA) is 57.8 Å². The van der Waals surface area contributed by atoms with Crippen LogP contribution in [-0.2, 0) is 6.42 Å². The van der Waals surface area contributed by atoms with Crippen molar-refractivity contribution in [2.24, 2.45) is 0 Å². The summed E-state index contributed by atoms with van der Waals surface area (Å²) in [5, 5.41) is 3.90. The number of aromatic nitrogens is 2. The average molecular weight is 278 g/mol. The Bertz CT molecular complexity index is 624. The Labute approximate surface area is 116 Å². The van der Waals surface area contributed by atoms with Gasteiger partial charge in [0.25, 0.3) is 5.56 Å². The molecule has 0 fully saturated rings. The molecule has 5 heteroatoms. The summed E-state index contributed by atoms with van der Waals surface area (Å²) in [5.41, 5.74) is 0.903. The van der Waals surface area contributed by atoms with Crippen LogP contribution in [0, 0.1) is 0 Å². The van der Waals surface area contributed by atoms with Crippen molar-refractivity contribution in [2.45, 2.75) is 26.3 Å². The zero-order valence-electron chi connectivity index (χ0n) is 10.9. The molecule has 0 aliphatic heterocycles. The molecule has 2 N–H and O–H groups in total. The van der Waals surface area contributed by atoms with Crippen molar-refractivity contribution in [3.63, 3.8) is 0 Å². The summed E-state index contributed by atoms with van der Waals surface area (Å²) in [7, 11) is 0. The molecule has 0 spiro atoms. The summed E-state index contributed by atoms with van der Waals surface area (Å²) >= 11 is 5.97. The number of nitrogens with zero attached hydrogens (tertiary/aromatic N) is 1. The summed E-state index contributed by atoms with van der Waals surface area (Å²) in [6, 6.07) is 9.10. The summed E-state index contributed by atoms with van der Waals surface area (Å²) < 4.78 is 0. The van der Waals surface area contributed by atoms with E-state index in [1.54, 1.807) is 0 Å². The molecule has 0 saturated carbocycles. The molecule has 100 valence electrons. The molecule has 2 aromatic rings. The number of halogens is 1. The number of aryl methyl sites for hydroxylation is 1. The number of hydrogen-bond acceptors (Lipinski definition) is 3. The Hall–Kier alpha value is -1.81. The SMILES string of the molecule is CCc1nc(NC(C)c2cccc(Cl)c2)cc(=O)[nH]1. The number of H-pyrrole nitrogens is 1. The van der Waals surface area contributed by atoms with Crippen molar-refractivity contribution in [1.29, 1.82) is 0 Å². The van der Waals surface area contributed by atoms with Gasteiger partial charge in [-0.15, -0.1) is 0 Å². The first-order valence-electron chi connectivity index (χ1n) is 6.20. The fourth-order valence-corrected chi connectivity index (χ4v) is 2.03. The van der Waals surface area contributed by atoms with E-state index in [0.717, 1.165) is 5.56 Å². The van der Waals surface area contributed by atoms with Crippen LogP contribution in [0.5, 0.6) is 0 Å². The van der Waals surface area contributed by atoms with Crippen LogP contribution in [0.25, 0.3) is 0 Å². The summed E-state index contributed by atoms with van der Waals surface area (Å²) in [5.74, 6) is 1.25. The van der Waals surface area contributed by atoms with Crippen LogP contribution in [0.1, 0.15) is 31.3 Å². The van der Waals surface area contributed by atoms with E-state index >= 15 is 0 Å². The Morgan fingerprint density at radius 1 is 1.42 bits per heavy atom. The van der Waals surface area contributed by atoms with Gasteiger partial charge in [0.15, 0.2) is 0 Å². The number of benzene rings is 1. The zero-order chi connectivity index (χ0) is 13.8. The number of aromatic amines is 1. The lowest BCUT2D eigenvalue weighted by atomic mass is 10.1. The molecular weight excluding hydrogens is 262 g/mol. The highest BCUT2D eigenvalue weighted by molar-refractivity contribution is 6.30. The van der Waals surface area contributed by atoms with E-state index in [-0.39, 0.29) is 11.6 Å². The first-order valence-corrected chi connectivity index (χ1v) is 6.58. The minimum absolute atomic E-state index is 0.0257. The molecule has 0 bridgehead atoms. The molecule has 4 nitrogen and oxygen atoms in total. The maximum atomic E-state index is 11.5. The highest BCUT2D eigenvalue weighted by Crippen LogP contribution is 2.20. The Balaban J connectivity index is 2.21. The normalized spacial score (nSPS) is 12.2. The molecular formula is C14H16ClN3O. The van der Waals surface area contributed by atoms with E-state index in [9.17, 15) is 4.79 Å². The predicted octanol–water partition coefficient (Wildman–Crippen LogP) is 3.16. The van der Waals surface area contributed by atoms with Crippen molar-refractivity contribution in [3.8, 4) is 0 Å². The molecule has 0 aliphatic rings. The molecule has 1 heterocycles. The second-order valence-corrected chi connectivity index (χ2v) is 4.79. The Kier molecular flexibility index (Phi) is 4.22. The van der Waals surface area contributed by atoms with Gasteiger partial charge in [-0.1, -0.05) is 30.7 Å². The number of rotatable bonds is 4. The van der Waals surface area contributed by atoms with E-state index in [1.807, 2.05) is 38.1 Å². The third kappa shape index (κ3) is 3.58. The van der Waals surface area contributed by atoms with Crippen LogP contribution in [0.2, 0.25) is 5.02 Å². The van der Waals surface area contributed by atoms with Crippen molar-refractivity contribution < 1.29 is 0 Å². The summed E-state index contributed by atoms with van der Waals surface area (Å²) in [6.07, 6.45) is 0.691. The minimum atomic E-state index is -0.146. The smallest absolute Gasteiger partial charge is 0.252 e. The van der Waals surface area contributed by atoms with Crippen molar-refractivity contribution in [3.05, 3.63) is 57.1 Å². The van der Waals surface area contributed by atoms with E-state index < -0.39 is 0 Å². The predicted molar refractivity (Wildman–Crippen MR) is 77.7 cm³/mol. The van der Waals surface area contributed by atoms with E-state index in [1.165, 1.54) is 6.07 Å². The van der Waals surface area contributed by atoms with Gasteiger partial charge < -0.3 is 10.3 Å². The van der Waals surface area contributed by atoms with E-state index in [0.29, 0.717) is 23.1 Å². The van der Waals surface area contributed by atoms with Gasteiger partial charge in [0.1, 0.15) is 11.6 Å². The molecule has 0 amide bonds. The first-order chi connectivity index (χ1) is 9.08. The molecule has 0 saturated heterocycles. The van der Waals surface area contributed by atoms with Crippen LogP contribution in [0.4, 0.5) is 5.82 Å². The minimum Gasteiger partial charge on any atom is -0.363 e. The number of nitrogens with one attached hydrogen (secondary N) is 2. The fraction of sp³-hybridized carbons (Fsp3) is 0.286. The van der Waals surface area contributed by atoms with Crippen molar-refractivity contribution >= 4 is 17.4 Å². The number of hydrogen-bond donors (Lipinski definition) is 2. The summed E-state index contributed by atoms with van der Waals surface area (Å²) in [4.78, 5) is 18.5. The highest BCUT2D eigenvalue weighted by Gasteiger charge is 2.07. The highest BCUT2D eigenvalue weighted by atomic mass is 35.5. The Morgan fingerprint density at radius 2 is 2.21 bits per heavy atom. The van der Waals surface area contributed by atoms with Crippen LogP contribution in [0.15, 0.2) is 35.1 Å². The van der Waals surface area contributed by atoms with Gasteiger partial charge in [-0.05, 0) is 24.6 Å². The lowest BCUT2D eigenvalue weighted by Crippen LogP contribution is -2.15. The van der Waals surface area contributed by atoms with Gasteiger partial charge in [0.05, 0.1) is 0 Å². The van der Waals surface area contributed by atoms with Crippen LogP contribution in [0.3, 0.4) is 0 Å². The molecule has 0 aliphatic carbocycles. The molecule has 1 aromatic carbocycles. The maximum absolute atomic E-state index is 11.5. The maximum Gasteiger partial charge on any atom is 0.252 e. The molecule has 1 unspecified atom stereocenters. The lowest BCUT2D eigenvalue weighted by Gasteiger charge is -2.15. The zero-order valence-corrected chi connectivity index (χ0v) is 11.7. The molecule has 0 radical (unpaired) electrons. The van der Waals surface area contributed by atoms with Gasteiger partial charge in [0, 0.05) is 23.6 Å². The fourth-order valence-electron chi connectivity index (χ4n) is 1.83. The largest absolute Gasteiger partial charge is 0.363 e. The first kappa shape index (κ1) is 13.6. The van der Waals surface area contributed by atoms with Gasteiger partial charge in [-0.25, -0.2) is 4.98 Å². The van der Waals surface area contributed by atoms with Gasteiger partial charge in [-0.2, -0.15) is 0 Å². The van der Waals surface area contributed by atoms with Gasteiger partial charge >= 0.3 is 0 Å². The van der Waals surface area contributed by atoms with Crippen LogP contribution in [-0.4, -0.2) is 9.97 Å². The standard InChI is InChI=1S/C14H16ClN3O/c1-3-12-17-13(8-14(19)18-12)16-9(2)10-5-4-6-11(15)7-10/h4-9H,3H2,1-2H3,(H2,16,17,18,19). The van der Waals surface area contributed by atoms with Crippen molar-refractivity contribution in [2.75, 3.05) is 5.32 Å². The second-order valence-electron chi connectivity index (χ2n) is 4.35. The number of anilines is 1. The quantitative estimate of drug-likeness (QED) is 0.902. The third-order valence-corrected chi connectivity index (χ3v) is 3.07. The Morgan fingerprint density at radius 3 is 2.89 bits per heavy atom. The van der Waals surface area contributed by atoms with Crippen molar-refractivity contribution in [1.82, 2.24) is 9.97 Å². The molecule has 2 rings (SSSR count). The van der Waals surface area contributed by atoms with Gasteiger partial charge in [0.2, 0.25) is 0 Å². The van der Waals surface area contributed by atoms with Gasteiger partial charge in [-0.3, -0.25) is 4.79 Å². The molecule has 1 aromatic heterocycles.